The fourth-order valence-corrected chi connectivity index (χ4v) is 2.86. The van der Waals surface area contributed by atoms with E-state index in [1.807, 2.05) is 6.07 Å². The molecule has 0 bridgehead atoms. The Morgan fingerprint density at radius 2 is 1.92 bits per heavy atom. The van der Waals surface area contributed by atoms with Crippen molar-refractivity contribution >= 4 is 11.8 Å². The van der Waals surface area contributed by atoms with Gasteiger partial charge in [0.15, 0.2) is 5.76 Å². The van der Waals surface area contributed by atoms with Crippen LogP contribution in [0.4, 0.5) is 0 Å². The number of nitrogens with one attached hydrogen (secondary N) is 2. The third-order valence-electron chi connectivity index (χ3n) is 4.32. The lowest BCUT2D eigenvalue weighted by Gasteiger charge is -2.06. The van der Waals surface area contributed by atoms with Crippen LogP contribution in [0.15, 0.2) is 53.1 Å². The standard InChI is InChI=1S/C19H22N2O3/c22-18(9-4-10-20-19(23)17-8-5-11-24-17)21-13-15-12-16(15)14-6-2-1-3-7-14/h1-3,5-8,11,15-16H,4,9-10,12-13H2,(H,20,23)(H,21,22). The fourth-order valence-electron chi connectivity index (χ4n) is 2.86. The van der Waals surface area contributed by atoms with Gasteiger partial charge < -0.3 is 15.1 Å². The van der Waals surface area contributed by atoms with Crippen molar-refractivity contribution in [1.82, 2.24) is 10.6 Å². The second-order valence-electron chi connectivity index (χ2n) is 6.15. The molecule has 1 aromatic carbocycles. The van der Waals surface area contributed by atoms with Crippen molar-refractivity contribution in [3.8, 4) is 0 Å². The molecule has 1 saturated carbocycles. The Morgan fingerprint density at radius 3 is 2.67 bits per heavy atom. The molecule has 0 aliphatic heterocycles. The Hall–Kier alpha value is -2.56. The van der Waals surface area contributed by atoms with E-state index in [1.165, 1.54) is 11.8 Å². The van der Waals surface area contributed by atoms with Gasteiger partial charge in [-0.05, 0) is 42.4 Å². The molecule has 2 atom stereocenters. The molecule has 126 valence electrons. The van der Waals surface area contributed by atoms with E-state index in [9.17, 15) is 9.59 Å². The van der Waals surface area contributed by atoms with Crippen LogP contribution >= 0.6 is 0 Å². The van der Waals surface area contributed by atoms with E-state index >= 15 is 0 Å². The average Bonchev–Trinajstić information content (AvgIpc) is 3.18. The van der Waals surface area contributed by atoms with E-state index in [2.05, 4.69) is 34.9 Å². The van der Waals surface area contributed by atoms with Crippen LogP contribution in [0.2, 0.25) is 0 Å². The molecule has 2 unspecified atom stereocenters. The molecule has 0 spiro atoms. The van der Waals surface area contributed by atoms with E-state index in [0.29, 0.717) is 37.0 Å². The topological polar surface area (TPSA) is 71.3 Å². The van der Waals surface area contributed by atoms with Crippen molar-refractivity contribution in [3.05, 3.63) is 60.1 Å². The summed E-state index contributed by atoms with van der Waals surface area (Å²) in [6, 6.07) is 13.7. The van der Waals surface area contributed by atoms with E-state index < -0.39 is 0 Å². The summed E-state index contributed by atoms with van der Waals surface area (Å²) in [7, 11) is 0. The summed E-state index contributed by atoms with van der Waals surface area (Å²) in [5.74, 6) is 1.22. The molecular formula is C19H22N2O3. The molecule has 1 aliphatic rings. The Kier molecular flexibility index (Phi) is 5.31. The molecule has 1 heterocycles. The quantitative estimate of drug-likeness (QED) is 0.733. The number of amides is 2. The van der Waals surface area contributed by atoms with Gasteiger partial charge in [0.1, 0.15) is 0 Å². The number of furan rings is 1. The van der Waals surface area contributed by atoms with Crippen molar-refractivity contribution in [1.29, 1.82) is 0 Å². The van der Waals surface area contributed by atoms with Gasteiger partial charge in [-0.2, -0.15) is 0 Å². The van der Waals surface area contributed by atoms with Crippen LogP contribution in [0.5, 0.6) is 0 Å². The van der Waals surface area contributed by atoms with Gasteiger partial charge in [0.25, 0.3) is 5.91 Å². The lowest BCUT2D eigenvalue weighted by molar-refractivity contribution is -0.121. The van der Waals surface area contributed by atoms with Crippen LogP contribution in [0.1, 0.15) is 41.3 Å². The normalized spacial score (nSPS) is 18.8. The molecule has 2 N–H and O–H groups in total. The number of carbonyl (C=O) groups excluding carboxylic acids is 2. The minimum atomic E-state index is -0.246. The Balaban J connectivity index is 1.27. The number of rotatable bonds is 8. The van der Waals surface area contributed by atoms with Gasteiger partial charge >= 0.3 is 0 Å². The SMILES string of the molecule is O=C(CCCNC(=O)c1ccco1)NCC1CC1c1ccccc1. The molecule has 5 nitrogen and oxygen atoms in total. The van der Waals surface area contributed by atoms with Gasteiger partial charge in [-0.1, -0.05) is 30.3 Å². The second-order valence-corrected chi connectivity index (χ2v) is 6.15. The van der Waals surface area contributed by atoms with E-state index in [0.717, 1.165) is 13.0 Å². The third kappa shape index (κ3) is 4.47. The molecule has 2 aromatic rings. The Morgan fingerprint density at radius 1 is 1.08 bits per heavy atom. The first kappa shape index (κ1) is 16.3. The molecule has 1 aromatic heterocycles. The number of hydrogen-bond donors (Lipinski definition) is 2. The first-order chi connectivity index (χ1) is 11.7. The average molecular weight is 326 g/mol. The molecule has 24 heavy (non-hydrogen) atoms. The van der Waals surface area contributed by atoms with Crippen molar-refractivity contribution in [3.63, 3.8) is 0 Å². The molecule has 0 radical (unpaired) electrons. The van der Waals surface area contributed by atoms with Gasteiger partial charge in [-0.25, -0.2) is 0 Å². The number of carbonyl (C=O) groups is 2. The van der Waals surface area contributed by atoms with Crippen LogP contribution in [-0.4, -0.2) is 24.9 Å². The zero-order chi connectivity index (χ0) is 16.8. The summed E-state index contributed by atoms with van der Waals surface area (Å²) in [6.45, 7) is 1.19. The van der Waals surface area contributed by atoms with Crippen LogP contribution in [-0.2, 0) is 4.79 Å². The van der Waals surface area contributed by atoms with Gasteiger partial charge in [-0.3, -0.25) is 9.59 Å². The van der Waals surface area contributed by atoms with Crippen LogP contribution < -0.4 is 10.6 Å². The third-order valence-corrected chi connectivity index (χ3v) is 4.32. The zero-order valence-corrected chi connectivity index (χ0v) is 13.5. The zero-order valence-electron chi connectivity index (χ0n) is 13.5. The maximum Gasteiger partial charge on any atom is 0.286 e. The second kappa shape index (κ2) is 7.81. The Labute approximate surface area is 141 Å². The maximum absolute atomic E-state index is 11.8. The highest BCUT2D eigenvalue weighted by Crippen LogP contribution is 2.46. The molecule has 2 amide bonds. The summed E-state index contributed by atoms with van der Waals surface area (Å²) in [6.07, 6.45) is 3.64. The highest BCUT2D eigenvalue weighted by molar-refractivity contribution is 5.91. The summed E-state index contributed by atoms with van der Waals surface area (Å²) in [5, 5.41) is 5.72. The molecule has 3 rings (SSSR count). The van der Waals surface area contributed by atoms with Gasteiger partial charge in [-0.15, -0.1) is 0 Å². The van der Waals surface area contributed by atoms with Crippen molar-refractivity contribution in [2.75, 3.05) is 13.1 Å². The first-order valence-corrected chi connectivity index (χ1v) is 8.37. The summed E-state index contributed by atoms with van der Waals surface area (Å²) in [4.78, 5) is 23.5. The van der Waals surface area contributed by atoms with Crippen molar-refractivity contribution in [2.24, 2.45) is 5.92 Å². The van der Waals surface area contributed by atoms with Gasteiger partial charge in [0.05, 0.1) is 6.26 Å². The highest BCUT2D eigenvalue weighted by Gasteiger charge is 2.37. The maximum atomic E-state index is 11.8. The molecule has 1 fully saturated rings. The van der Waals surface area contributed by atoms with Crippen LogP contribution in [0.25, 0.3) is 0 Å². The number of hydrogen-bond acceptors (Lipinski definition) is 3. The molecule has 0 saturated heterocycles. The van der Waals surface area contributed by atoms with Gasteiger partial charge in [0.2, 0.25) is 5.91 Å². The minimum Gasteiger partial charge on any atom is -0.459 e. The molecule has 5 heteroatoms. The number of benzene rings is 1. The highest BCUT2D eigenvalue weighted by atomic mass is 16.3. The van der Waals surface area contributed by atoms with E-state index in [4.69, 9.17) is 4.42 Å². The largest absolute Gasteiger partial charge is 0.459 e. The lowest BCUT2D eigenvalue weighted by atomic mass is 10.1. The minimum absolute atomic E-state index is 0.0426. The molecule has 1 aliphatic carbocycles. The van der Waals surface area contributed by atoms with Crippen LogP contribution in [0, 0.1) is 5.92 Å². The predicted molar refractivity (Wildman–Crippen MR) is 90.6 cm³/mol. The lowest BCUT2D eigenvalue weighted by Crippen LogP contribution is -2.28. The first-order valence-electron chi connectivity index (χ1n) is 8.37. The fraction of sp³-hybridized carbons (Fsp3) is 0.368. The summed E-state index contributed by atoms with van der Waals surface area (Å²) in [5.41, 5.74) is 1.36. The summed E-state index contributed by atoms with van der Waals surface area (Å²) < 4.78 is 5.00. The monoisotopic (exact) mass is 326 g/mol. The van der Waals surface area contributed by atoms with Crippen molar-refractivity contribution in [2.45, 2.75) is 25.2 Å². The van der Waals surface area contributed by atoms with Crippen molar-refractivity contribution < 1.29 is 14.0 Å². The predicted octanol–water partition coefficient (Wildman–Crippen LogP) is 2.71. The smallest absolute Gasteiger partial charge is 0.286 e. The van der Waals surface area contributed by atoms with Gasteiger partial charge in [0, 0.05) is 19.5 Å². The summed E-state index contributed by atoms with van der Waals surface area (Å²) >= 11 is 0. The Bertz CT molecular complexity index is 667. The van der Waals surface area contributed by atoms with Crippen LogP contribution in [0.3, 0.4) is 0 Å². The van der Waals surface area contributed by atoms with E-state index in [-0.39, 0.29) is 11.8 Å². The molecular weight excluding hydrogens is 304 g/mol. The van der Waals surface area contributed by atoms with E-state index in [1.54, 1.807) is 12.1 Å².